The fraction of sp³-hybridized carbons (Fsp3) is 0.500. The molecule has 2 amide bonds. The first-order chi connectivity index (χ1) is 8.81. The number of halogens is 1. The van der Waals surface area contributed by atoms with E-state index < -0.39 is 17.8 Å². The average Bonchev–Trinajstić information content (AvgIpc) is 2.27. The van der Waals surface area contributed by atoms with Crippen molar-refractivity contribution in [3.8, 4) is 0 Å². The molecule has 0 aromatic carbocycles. The van der Waals surface area contributed by atoms with Crippen molar-refractivity contribution in [1.29, 1.82) is 0 Å². The number of rotatable bonds is 2. The van der Waals surface area contributed by atoms with E-state index in [-0.39, 0.29) is 4.61 Å². The van der Waals surface area contributed by atoms with Crippen molar-refractivity contribution in [2.24, 2.45) is 0 Å². The van der Waals surface area contributed by atoms with Crippen LogP contribution in [0.4, 0.5) is 9.59 Å². The Bertz CT molecular complexity index is 412. The van der Waals surface area contributed by atoms with Crippen LogP contribution in [0.15, 0.2) is 24.0 Å². The number of hydrogen-bond acceptors (Lipinski definition) is 4. The van der Waals surface area contributed by atoms with Crippen LogP contribution in [0, 0.1) is 0 Å². The number of amides is 2. The lowest BCUT2D eigenvalue weighted by Crippen LogP contribution is -2.35. The normalized spacial score (nSPS) is 14.7. The third kappa shape index (κ3) is 5.95. The minimum atomic E-state index is -0.530. The number of alkyl carbamates (subject to hydrolysis) is 1. The Hall–Kier alpha value is -1.25. The lowest BCUT2D eigenvalue weighted by Gasteiger charge is -2.26. The Morgan fingerprint density at radius 1 is 1.47 bits per heavy atom. The highest BCUT2D eigenvalue weighted by Crippen LogP contribution is 2.12. The molecule has 0 aromatic rings. The SMILES string of the molecule is CC(C)(C)OC(=O)N1C=CC(NC(=O)OCI)=CC1. The zero-order chi connectivity index (χ0) is 14.5. The van der Waals surface area contributed by atoms with Gasteiger partial charge in [-0.25, -0.2) is 9.59 Å². The summed E-state index contributed by atoms with van der Waals surface area (Å²) in [7, 11) is 0. The number of nitrogens with one attached hydrogen (secondary N) is 1. The number of carbonyl (C=O) groups excluding carboxylic acids is 2. The van der Waals surface area contributed by atoms with Gasteiger partial charge in [0.25, 0.3) is 0 Å². The summed E-state index contributed by atoms with van der Waals surface area (Å²) >= 11 is 1.93. The molecule has 0 aliphatic carbocycles. The zero-order valence-electron chi connectivity index (χ0n) is 11.1. The quantitative estimate of drug-likeness (QED) is 0.591. The fourth-order valence-electron chi connectivity index (χ4n) is 1.25. The number of ether oxygens (including phenoxy) is 2. The molecule has 7 heteroatoms. The Morgan fingerprint density at radius 2 is 2.16 bits per heavy atom. The summed E-state index contributed by atoms with van der Waals surface area (Å²) in [5.41, 5.74) is 0.0618. The summed E-state index contributed by atoms with van der Waals surface area (Å²) in [6, 6.07) is 0. The van der Waals surface area contributed by atoms with Gasteiger partial charge in [-0.2, -0.15) is 0 Å². The first-order valence-corrected chi connectivity index (χ1v) is 7.22. The lowest BCUT2D eigenvalue weighted by atomic mass is 10.2. The standard InChI is InChI=1S/C12H17IN2O4/c1-12(2,3)19-11(17)15-6-4-9(5-7-15)14-10(16)18-8-13/h4-6H,7-8H2,1-3H3,(H,14,16). The van der Waals surface area contributed by atoms with Crippen molar-refractivity contribution < 1.29 is 19.1 Å². The van der Waals surface area contributed by atoms with E-state index in [0.29, 0.717) is 12.2 Å². The Morgan fingerprint density at radius 3 is 2.63 bits per heavy atom. The molecule has 0 unspecified atom stereocenters. The van der Waals surface area contributed by atoms with Crippen LogP contribution in [0.3, 0.4) is 0 Å². The van der Waals surface area contributed by atoms with Gasteiger partial charge in [0.2, 0.25) is 0 Å². The number of nitrogens with zero attached hydrogens (tertiary/aromatic N) is 1. The summed E-state index contributed by atoms with van der Waals surface area (Å²) < 4.78 is 10.2. The molecular formula is C12H17IN2O4. The van der Waals surface area contributed by atoms with Crippen molar-refractivity contribution in [3.63, 3.8) is 0 Å². The molecule has 1 N–H and O–H groups in total. The summed E-state index contributed by atoms with van der Waals surface area (Å²) in [4.78, 5) is 24.4. The van der Waals surface area contributed by atoms with Crippen LogP contribution in [0.5, 0.6) is 0 Å². The van der Waals surface area contributed by atoms with Crippen molar-refractivity contribution in [1.82, 2.24) is 10.2 Å². The summed E-state index contributed by atoms with van der Waals surface area (Å²) in [5, 5.41) is 2.56. The van der Waals surface area contributed by atoms with Crippen LogP contribution in [0.1, 0.15) is 20.8 Å². The van der Waals surface area contributed by atoms with Gasteiger partial charge >= 0.3 is 12.2 Å². The zero-order valence-corrected chi connectivity index (χ0v) is 13.3. The van der Waals surface area contributed by atoms with Crippen LogP contribution in [0.2, 0.25) is 0 Å². The van der Waals surface area contributed by atoms with Crippen molar-refractivity contribution in [2.75, 3.05) is 11.2 Å². The second kappa shape index (κ2) is 6.78. The van der Waals surface area contributed by atoms with Gasteiger partial charge in [0, 0.05) is 18.4 Å². The number of carbonyl (C=O) groups is 2. The highest BCUT2D eigenvalue weighted by atomic mass is 127. The molecule has 1 aliphatic rings. The maximum Gasteiger partial charge on any atom is 0.414 e. The molecule has 0 spiro atoms. The third-order valence-corrected chi connectivity index (χ3v) is 2.31. The predicted molar refractivity (Wildman–Crippen MR) is 78.7 cm³/mol. The summed E-state index contributed by atoms with van der Waals surface area (Å²) in [6.45, 7) is 5.76. The van der Waals surface area contributed by atoms with E-state index in [4.69, 9.17) is 9.47 Å². The van der Waals surface area contributed by atoms with Gasteiger partial charge in [-0.3, -0.25) is 10.2 Å². The van der Waals surface area contributed by atoms with Gasteiger partial charge in [-0.1, -0.05) is 0 Å². The largest absolute Gasteiger partial charge is 0.443 e. The van der Waals surface area contributed by atoms with Crippen LogP contribution in [-0.4, -0.2) is 33.8 Å². The Labute approximate surface area is 125 Å². The van der Waals surface area contributed by atoms with E-state index in [1.165, 1.54) is 4.90 Å². The molecule has 6 nitrogen and oxygen atoms in total. The Balaban J connectivity index is 2.48. The van der Waals surface area contributed by atoms with Gasteiger partial charge in [0.15, 0.2) is 0 Å². The number of allylic oxidation sites excluding steroid dienone is 1. The van der Waals surface area contributed by atoms with E-state index >= 15 is 0 Å². The number of hydrogen-bond donors (Lipinski definition) is 1. The molecule has 1 aliphatic heterocycles. The summed E-state index contributed by atoms with van der Waals surface area (Å²) in [6.07, 6.45) is 3.94. The highest BCUT2D eigenvalue weighted by Gasteiger charge is 2.21. The Kier molecular flexibility index (Phi) is 5.64. The van der Waals surface area contributed by atoms with Gasteiger partial charge in [-0.05, 0) is 55.5 Å². The van der Waals surface area contributed by atoms with Crippen LogP contribution >= 0.6 is 22.6 Å². The number of alkyl halides is 1. The van der Waals surface area contributed by atoms with E-state index in [9.17, 15) is 9.59 Å². The second-order valence-corrected chi connectivity index (χ2v) is 5.40. The van der Waals surface area contributed by atoms with Gasteiger partial charge in [0.1, 0.15) is 10.2 Å². The maximum atomic E-state index is 11.8. The highest BCUT2D eigenvalue weighted by molar-refractivity contribution is 14.1. The topological polar surface area (TPSA) is 67.9 Å². The van der Waals surface area contributed by atoms with E-state index in [1.807, 2.05) is 22.6 Å². The average molecular weight is 380 g/mol. The van der Waals surface area contributed by atoms with E-state index in [1.54, 1.807) is 39.1 Å². The fourth-order valence-corrected chi connectivity index (χ4v) is 1.53. The van der Waals surface area contributed by atoms with E-state index in [2.05, 4.69) is 5.32 Å². The molecule has 106 valence electrons. The molecule has 0 fully saturated rings. The molecule has 0 radical (unpaired) electrons. The van der Waals surface area contributed by atoms with E-state index in [0.717, 1.165) is 0 Å². The molecular weight excluding hydrogens is 363 g/mol. The molecule has 19 heavy (non-hydrogen) atoms. The molecule has 0 bridgehead atoms. The van der Waals surface area contributed by atoms with Gasteiger partial charge in [0.05, 0.1) is 0 Å². The first-order valence-electron chi connectivity index (χ1n) is 5.69. The van der Waals surface area contributed by atoms with Crippen molar-refractivity contribution >= 4 is 34.8 Å². The molecule has 0 aromatic heterocycles. The second-order valence-electron chi connectivity index (χ2n) is 4.77. The van der Waals surface area contributed by atoms with Crippen molar-refractivity contribution in [2.45, 2.75) is 26.4 Å². The molecule has 0 saturated carbocycles. The monoisotopic (exact) mass is 380 g/mol. The van der Waals surface area contributed by atoms with Crippen LogP contribution < -0.4 is 5.32 Å². The molecule has 1 heterocycles. The smallest absolute Gasteiger partial charge is 0.414 e. The van der Waals surface area contributed by atoms with Crippen LogP contribution in [-0.2, 0) is 9.47 Å². The minimum Gasteiger partial charge on any atom is -0.443 e. The minimum absolute atomic E-state index is 0.282. The molecule has 1 rings (SSSR count). The predicted octanol–water partition coefficient (Wildman–Crippen LogP) is 2.75. The molecule has 0 saturated heterocycles. The van der Waals surface area contributed by atoms with Crippen LogP contribution in [0.25, 0.3) is 0 Å². The first kappa shape index (κ1) is 15.8. The molecule has 0 atom stereocenters. The third-order valence-electron chi connectivity index (χ3n) is 2.00. The van der Waals surface area contributed by atoms with Gasteiger partial charge < -0.3 is 9.47 Å². The summed E-state index contributed by atoms with van der Waals surface area (Å²) in [5.74, 6) is 0. The maximum absolute atomic E-state index is 11.8. The lowest BCUT2D eigenvalue weighted by molar-refractivity contribution is 0.0349. The van der Waals surface area contributed by atoms with Gasteiger partial charge in [-0.15, -0.1) is 0 Å². The van der Waals surface area contributed by atoms with Crippen molar-refractivity contribution in [3.05, 3.63) is 24.0 Å².